The van der Waals surface area contributed by atoms with Crippen molar-refractivity contribution < 1.29 is 13.9 Å². The zero-order valence-electron chi connectivity index (χ0n) is 7.11. The largest absolute Gasteiger partial charge is 0.465 e. The molecular weight excluding hydrogens is 321 g/mol. The summed E-state index contributed by atoms with van der Waals surface area (Å²) in [5.41, 5.74) is 5.66. The Bertz CT molecular complexity index is 395. The topological polar surface area (TPSA) is 52.3 Å². The predicted octanol–water partition coefficient (Wildman–Crippen LogP) is 2.72. The first-order valence-corrected chi connectivity index (χ1v) is 5.09. The molecule has 0 saturated heterocycles. The molecule has 0 radical (unpaired) electrons. The molecule has 0 aromatic heterocycles. The van der Waals surface area contributed by atoms with E-state index in [-0.39, 0.29) is 20.2 Å². The molecule has 76 valence electrons. The van der Waals surface area contributed by atoms with E-state index >= 15 is 0 Å². The van der Waals surface area contributed by atoms with Crippen LogP contribution in [0.1, 0.15) is 10.4 Å². The first-order chi connectivity index (χ1) is 6.49. The molecule has 0 amide bonds. The molecule has 6 heteroatoms. The standard InChI is InChI=1S/C8H6Br2FNO2/c1-14-8(13)3-2-4(9)6(11)5(10)7(3)12/h2H,12H2,1H3. The SMILES string of the molecule is COC(=O)c1cc(Br)c(F)c(Br)c1N. The number of methoxy groups -OCH3 is 1. The lowest BCUT2D eigenvalue weighted by atomic mass is 10.2. The second kappa shape index (κ2) is 4.27. The van der Waals surface area contributed by atoms with Gasteiger partial charge in [0.1, 0.15) is 0 Å². The second-order valence-corrected chi connectivity index (χ2v) is 4.09. The molecule has 1 aromatic carbocycles. The molecule has 2 N–H and O–H groups in total. The van der Waals surface area contributed by atoms with Crippen LogP contribution >= 0.6 is 31.9 Å². The van der Waals surface area contributed by atoms with Crippen LogP contribution in [0, 0.1) is 5.82 Å². The molecule has 1 rings (SSSR count). The number of halogens is 3. The summed E-state index contributed by atoms with van der Waals surface area (Å²) in [6, 6.07) is 1.28. The Kier molecular flexibility index (Phi) is 3.49. The number of rotatable bonds is 1. The summed E-state index contributed by atoms with van der Waals surface area (Å²) < 4.78 is 17.9. The molecule has 1 aromatic rings. The van der Waals surface area contributed by atoms with Gasteiger partial charge >= 0.3 is 5.97 Å². The average molecular weight is 327 g/mol. The minimum atomic E-state index is -0.608. The molecule has 0 aliphatic carbocycles. The van der Waals surface area contributed by atoms with Crippen molar-refractivity contribution in [2.75, 3.05) is 12.8 Å². The highest BCUT2D eigenvalue weighted by Gasteiger charge is 2.18. The van der Waals surface area contributed by atoms with E-state index in [1.807, 2.05) is 0 Å². The number of carbonyl (C=O) groups excluding carboxylic acids is 1. The van der Waals surface area contributed by atoms with Crippen LogP contribution in [0.5, 0.6) is 0 Å². The van der Waals surface area contributed by atoms with Crippen LogP contribution in [0.2, 0.25) is 0 Å². The fraction of sp³-hybridized carbons (Fsp3) is 0.125. The van der Waals surface area contributed by atoms with Crippen molar-refractivity contribution in [2.24, 2.45) is 0 Å². The molecule has 0 spiro atoms. The molecule has 3 nitrogen and oxygen atoms in total. The summed E-state index contributed by atoms with van der Waals surface area (Å²) in [4.78, 5) is 11.2. The number of esters is 1. The third-order valence-corrected chi connectivity index (χ3v) is 2.96. The maximum Gasteiger partial charge on any atom is 0.340 e. The Morgan fingerprint density at radius 1 is 1.57 bits per heavy atom. The van der Waals surface area contributed by atoms with Gasteiger partial charge in [-0.15, -0.1) is 0 Å². The third-order valence-electron chi connectivity index (χ3n) is 1.61. The number of carbonyl (C=O) groups is 1. The van der Waals surface area contributed by atoms with Gasteiger partial charge in [-0.25, -0.2) is 9.18 Å². The summed E-state index contributed by atoms with van der Waals surface area (Å²) >= 11 is 5.90. The summed E-state index contributed by atoms with van der Waals surface area (Å²) in [7, 11) is 1.23. The normalized spacial score (nSPS) is 10.0. The second-order valence-electron chi connectivity index (χ2n) is 2.44. The van der Waals surface area contributed by atoms with Gasteiger partial charge in [0.05, 0.1) is 27.3 Å². The number of anilines is 1. The number of ether oxygens (including phenoxy) is 1. The van der Waals surface area contributed by atoms with Crippen molar-refractivity contribution in [3.8, 4) is 0 Å². The third kappa shape index (κ3) is 1.90. The summed E-state index contributed by atoms with van der Waals surface area (Å²) in [6.07, 6.45) is 0. The van der Waals surface area contributed by atoms with Crippen LogP contribution in [0.4, 0.5) is 10.1 Å². The van der Waals surface area contributed by atoms with Crippen LogP contribution < -0.4 is 5.73 Å². The van der Waals surface area contributed by atoms with E-state index < -0.39 is 11.8 Å². The Morgan fingerprint density at radius 3 is 2.64 bits per heavy atom. The maximum absolute atomic E-state index is 13.2. The lowest BCUT2D eigenvalue weighted by Gasteiger charge is -2.07. The zero-order chi connectivity index (χ0) is 10.9. The van der Waals surface area contributed by atoms with Gasteiger partial charge in [-0.05, 0) is 37.9 Å². The molecule has 14 heavy (non-hydrogen) atoms. The van der Waals surface area contributed by atoms with Gasteiger partial charge in [0, 0.05) is 0 Å². The predicted molar refractivity (Wildman–Crippen MR) is 57.6 cm³/mol. The first-order valence-electron chi connectivity index (χ1n) is 3.50. The van der Waals surface area contributed by atoms with E-state index in [0.717, 1.165) is 0 Å². The van der Waals surface area contributed by atoms with Crippen molar-refractivity contribution in [1.29, 1.82) is 0 Å². The Hall–Kier alpha value is -0.620. The highest BCUT2D eigenvalue weighted by atomic mass is 79.9. The van der Waals surface area contributed by atoms with Gasteiger partial charge in [-0.3, -0.25) is 0 Å². The van der Waals surface area contributed by atoms with Crippen molar-refractivity contribution in [2.45, 2.75) is 0 Å². The zero-order valence-corrected chi connectivity index (χ0v) is 10.3. The number of nitrogen functional groups attached to an aromatic ring is 1. The summed E-state index contributed by atoms with van der Waals surface area (Å²) in [5.74, 6) is -1.15. The van der Waals surface area contributed by atoms with E-state index in [0.29, 0.717) is 0 Å². The molecule has 0 aliphatic rings. The van der Waals surface area contributed by atoms with E-state index in [1.165, 1.54) is 13.2 Å². The molecule has 0 heterocycles. The minimum Gasteiger partial charge on any atom is -0.465 e. The lowest BCUT2D eigenvalue weighted by Crippen LogP contribution is -2.07. The van der Waals surface area contributed by atoms with Gasteiger partial charge in [0.15, 0.2) is 5.82 Å². The van der Waals surface area contributed by atoms with Crippen LogP contribution in [-0.4, -0.2) is 13.1 Å². The molecular formula is C8H6Br2FNO2. The van der Waals surface area contributed by atoms with Gasteiger partial charge in [-0.1, -0.05) is 0 Å². The summed E-state index contributed by atoms with van der Waals surface area (Å²) in [5, 5.41) is 0. The fourth-order valence-corrected chi connectivity index (χ4v) is 2.01. The van der Waals surface area contributed by atoms with Gasteiger partial charge in [0.25, 0.3) is 0 Å². The van der Waals surface area contributed by atoms with Crippen LogP contribution in [-0.2, 0) is 4.74 Å². The van der Waals surface area contributed by atoms with Gasteiger partial charge in [0.2, 0.25) is 0 Å². The smallest absolute Gasteiger partial charge is 0.340 e. The number of hydrogen-bond donors (Lipinski definition) is 1. The number of nitrogens with two attached hydrogens (primary N) is 1. The average Bonchev–Trinajstić information content (AvgIpc) is 2.19. The van der Waals surface area contributed by atoms with E-state index in [2.05, 4.69) is 36.6 Å². The van der Waals surface area contributed by atoms with Crippen molar-refractivity contribution >= 4 is 43.5 Å². The van der Waals surface area contributed by atoms with Crippen molar-refractivity contribution in [3.05, 3.63) is 26.4 Å². The monoisotopic (exact) mass is 325 g/mol. The van der Waals surface area contributed by atoms with E-state index in [9.17, 15) is 9.18 Å². The van der Waals surface area contributed by atoms with E-state index in [4.69, 9.17) is 5.73 Å². The maximum atomic E-state index is 13.2. The molecule has 0 bridgehead atoms. The molecule has 0 unspecified atom stereocenters. The van der Waals surface area contributed by atoms with Crippen LogP contribution in [0.25, 0.3) is 0 Å². The number of benzene rings is 1. The highest BCUT2D eigenvalue weighted by Crippen LogP contribution is 2.32. The highest BCUT2D eigenvalue weighted by molar-refractivity contribution is 9.11. The molecule has 0 fully saturated rings. The van der Waals surface area contributed by atoms with Crippen molar-refractivity contribution in [1.82, 2.24) is 0 Å². The Labute approximate surface area is 96.7 Å². The summed E-state index contributed by atoms with van der Waals surface area (Å²) in [6.45, 7) is 0. The molecule has 0 atom stereocenters. The molecule has 0 saturated carbocycles. The Morgan fingerprint density at radius 2 is 2.14 bits per heavy atom. The lowest BCUT2D eigenvalue weighted by molar-refractivity contribution is 0.0601. The minimum absolute atomic E-state index is 0.0255. The van der Waals surface area contributed by atoms with Crippen LogP contribution in [0.3, 0.4) is 0 Å². The van der Waals surface area contributed by atoms with Crippen LogP contribution in [0.15, 0.2) is 15.0 Å². The van der Waals surface area contributed by atoms with E-state index in [1.54, 1.807) is 0 Å². The fourth-order valence-electron chi connectivity index (χ4n) is 0.888. The van der Waals surface area contributed by atoms with Crippen molar-refractivity contribution in [3.63, 3.8) is 0 Å². The Balaban J connectivity index is 3.40. The number of hydrogen-bond acceptors (Lipinski definition) is 3. The van der Waals surface area contributed by atoms with Gasteiger partial charge in [-0.2, -0.15) is 0 Å². The first kappa shape index (κ1) is 11.5. The molecule has 0 aliphatic heterocycles. The quantitative estimate of drug-likeness (QED) is 0.490. The van der Waals surface area contributed by atoms with Gasteiger partial charge < -0.3 is 10.5 Å².